The molecule has 3 aromatic carbocycles. The van der Waals surface area contributed by atoms with E-state index in [0.717, 1.165) is 23.9 Å². The van der Waals surface area contributed by atoms with Gasteiger partial charge in [-0.1, -0.05) is 23.7 Å². The fourth-order valence-corrected chi connectivity index (χ4v) is 3.84. The SMILES string of the molecule is CN(c1ccc(Cl)cc1)c1ccc(C(=O)c2ccc(NC(=O)c3ccccc3OC(F)(F)F)c(C(=O)O)c2)nc1. The number of alkyl halides is 3. The number of carboxylic acid groups (broad SMARTS) is 1. The number of amides is 1. The van der Waals surface area contributed by atoms with Crippen LogP contribution in [0.1, 0.15) is 36.8 Å². The lowest BCUT2D eigenvalue weighted by Crippen LogP contribution is -2.21. The number of ketones is 1. The summed E-state index contributed by atoms with van der Waals surface area (Å²) in [6.07, 6.45) is -3.56. The minimum atomic E-state index is -5.04. The van der Waals surface area contributed by atoms with Crippen LogP contribution in [0.2, 0.25) is 5.02 Å². The van der Waals surface area contributed by atoms with Crippen LogP contribution < -0.4 is 15.0 Å². The molecule has 1 amide bonds. The first kappa shape index (κ1) is 28.1. The van der Waals surface area contributed by atoms with Crippen LogP contribution in [0.5, 0.6) is 5.75 Å². The molecule has 12 heteroatoms. The molecule has 0 radical (unpaired) electrons. The minimum absolute atomic E-state index is 0.0255. The molecule has 40 heavy (non-hydrogen) atoms. The number of carboxylic acids is 1. The number of para-hydroxylation sites is 1. The number of pyridine rings is 1. The first-order valence-corrected chi connectivity index (χ1v) is 11.8. The lowest BCUT2D eigenvalue weighted by Gasteiger charge is -2.19. The Morgan fingerprint density at radius 2 is 1.60 bits per heavy atom. The van der Waals surface area contributed by atoms with Gasteiger partial charge in [-0.25, -0.2) is 4.79 Å². The van der Waals surface area contributed by atoms with E-state index < -0.39 is 40.9 Å². The fraction of sp³-hybridized carbons (Fsp3) is 0.0714. The summed E-state index contributed by atoms with van der Waals surface area (Å²) in [7, 11) is 1.81. The number of anilines is 3. The van der Waals surface area contributed by atoms with Crippen molar-refractivity contribution < 1.29 is 37.4 Å². The maximum Gasteiger partial charge on any atom is 0.573 e. The van der Waals surface area contributed by atoms with Crippen LogP contribution in [0.4, 0.5) is 30.2 Å². The van der Waals surface area contributed by atoms with Gasteiger partial charge in [0.1, 0.15) is 11.4 Å². The lowest BCUT2D eigenvalue weighted by molar-refractivity contribution is -0.274. The zero-order chi connectivity index (χ0) is 29.0. The Morgan fingerprint density at radius 1 is 0.925 bits per heavy atom. The Labute approximate surface area is 230 Å². The van der Waals surface area contributed by atoms with E-state index in [1.807, 2.05) is 24.1 Å². The number of hydrogen-bond donors (Lipinski definition) is 2. The molecular weight excluding hydrogens is 551 g/mol. The quantitative estimate of drug-likeness (QED) is 0.231. The number of carbonyl (C=O) groups is 3. The number of aromatic carboxylic acids is 1. The molecule has 0 bridgehead atoms. The van der Waals surface area contributed by atoms with E-state index >= 15 is 0 Å². The van der Waals surface area contributed by atoms with Gasteiger partial charge in [0.05, 0.1) is 28.7 Å². The molecule has 0 atom stereocenters. The second kappa shape index (κ2) is 11.5. The van der Waals surface area contributed by atoms with Crippen LogP contribution in [0.15, 0.2) is 85.1 Å². The number of halogens is 4. The topological polar surface area (TPSA) is 109 Å². The second-order valence-electron chi connectivity index (χ2n) is 8.33. The number of nitrogens with zero attached hydrogens (tertiary/aromatic N) is 2. The second-order valence-corrected chi connectivity index (χ2v) is 8.77. The Balaban J connectivity index is 1.55. The zero-order valence-corrected chi connectivity index (χ0v) is 21.3. The largest absolute Gasteiger partial charge is 0.573 e. The summed E-state index contributed by atoms with van der Waals surface area (Å²) >= 11 is 5.93. The van der Waals surface area contributed by atoms with E-state index in [4.69, 9.17) is 11.6 Å². The van der Waals surface area contributed by atoms with Crippen molar-refractivity contribution in [1.82, 2.24) is 4.98 Å². The third-order valence-corrected chi connectivity index (χ3v) is 5.95. The van der Waals surface area contributed by atoms with Gasteiger partial charge in [0, 0.05) is 23.3 Å². The fourth-order valence-electron chi connectivity index (χ4n) is 3.71. The predicted octanol–water partition coefficient (Wildman–Crippen LogP) is 6.58. The minimum Gasteiger partial charge on any atom is -0.478 e. The van der Waals surface area contributed by atoms with Crippen LogP contribution in [0.25, 0.3) is 0 Å². The van der Waals surface area contributed by atoms with Crippen molar-refractivity contribution in [2.24, 2.45) is 0 Å². The first-order valence-electron chi connectivity index (χ1n) is 11.5. The van der Waals surface area contributed by atoms with E-state index in [0.29, 0.717) is 10.7 Å². The molecule has 1 aromatic heterocycles. The summed E-state index contributed by atoms with van der Waals surface area (Å²) in [5.41, 5.74) is 0.377. The molecule has 0 unspecified atom stereocenters. The van der Waals surface area contributed by atoms with Crippen LogP contribution in [0, 0.1) is 0 Å². The average Bonchev–Trinajstić information content (AvgIpc) is 2.92. The van der Waals surface area contributed by atoms with E-state index in [9.17, 15) is 32.7 Å². The average molecular weight is 570 g/mol. The van der Waals surface area contributed by atoms with Gasteiger partial charge in [-0.05, 0) is 66.7 Å². The van der Waals surface area contributed by atoms with Crippen LogP contribution >= 0.6 is 11.6 Å². The van der Waals surface area contributed by atoms with Gasteiger partial charge < -0.3 is 20.1 Å². The summed E-state index contributed by atoms with van der Waals surface area (Å²) in [4.78, 5) is 43.7. The highest BCUT2D eigenvalue weighted by Crippen LogP contribution is 2.28. The summed E-state index contributed by atoms with van der Waals surface area (Å²) in [6, 6.07) is 18.4. The van der Waals surface area contributed by atoms with Gasteiger partial charge in [-0.15, -0.1) is 13.2 Å². The number of benzene rings is 3. The molecule has 1 heterocycles. The third-order valence-electron chi connectivity index (χ3n) is 5.70. The molecule has 2 N–H and O–H groups in total. The lowest BCUT2D eigenvalue weighted by atomic mass is 10.0. The molecule has 8 nitrogen and oxygen atoms in total. The highest BCUT2D eigenvalue weighted by Gasteiger charge is 2.33. The summed E-state index contributed by atoms with van der Waals surface area (Å²) in [5.74, 6) is -3.85. The molecular formula is C28H19ClF3N3O5. The Kier molecular flexibility index (Phi) is 8.05. The molecule has 4 aromatic rings. The molecule has 0 aliphatic heterocycles. The Morgan fingerprint density at radius 3 is 2.23 bits per heavy atom. The predicted molar refractivity (Wildman–Crippen MR) is 142 cm³/mol. The number of rotatable bonds is 8. The molecule has 0 spiro atoms. The van der Waals surface area contributed by atoms with Gasteiger partial charge in [0.15, 0.2) is 0 Å². The van der Waals surface area contributed by atoms with E-state index in [-0.39, 0.29) is 16.9 Å². The number of ether oxygens (including phenoxy) is 1. The van der Waals surface area contributed by atoms with Crippen molar-refractivity contribution in [3.63, 3.8) is 0 Å². The summed E-state index contributed by atoms with van der Waals surface area (Å²) in [6.45, 7) is 0. The first-order chi connectivity index (χ1) is 18.9. The van der Waals surface area contributed by atoms with E-state index in [2.05, 4.69) is 15.0 Å². The van der Waals surface area contributed by atoms with Crippen LogP contribution in [0.3, 0.4) is 0 Å². The van der Waals surface area contributed by atoms with Gasteiger partial charge in [0.25, 0.3) is 5.91 Å². The number of aromatic nitrogens is 1. The maximum absolute atomic E-state index is 13.0. The molecule has 0 saturated carbocycles. The monoisotopic (exact) mass is 569 g/mol. The Hall–Kier alpha value is -4.90. The van der Waals surface area contributed by atoms with Gasteiger partial charge in [0.2, 0.25) is 5.78 Å². The molecule has 0 saturated heterocycles. The molecule has 0 aliphatic carbocycles. The summed E-state index contributed by atoms with van der Waals surface area (Å²) < 4.78 is 42.0. The molecule has 204 valence electrons. The number of hydrogen-bond acceptors (Lipinski definition) is 6. The van der Waals surface area contributed by atoms with Gasteiger partial charge in [-0.3, -0.25) is 14.6 Å². The van der Waals surface area contributed by atoms with Crippen molar-refractivity contribution in [2.75, 3.05) is 17.3 Å². The standard InChI is InChI=1S/C28H19ClF3N3O5/c1-35(18-9-7-17(29)8-10-18)19-11-13-23(33-15-19)25(36)16-6-12-22(21(14-16)27(38)39)34-26(37)20-4-2-3-5-24(20)40-28(30,31)32/h2-15H,1H3,(H,34,37)(H,38,39). The van der Waals surface area contributed by atoms with Crippen molar-refractivity contribution in [2.45, 2.75) is 6.36 Å². The molecule has 0 aliphatic rings. The Bertz CT molecular complexity index is 1580. The van der Waals surface area contributed by atoms with Gasteiger partial charge >= 0.3 is 12.3 Å². The smallest absolute Gasteiger partial charge is 0.478 e. The van der Waals surface area contributed by atoms with Crippen molar-refractivity contribution in [1.29, 1.82) is 0 Å². The number of carbonyl (C=O) groups excluding carboxylic acids is 2. The zero-order valence-electron chi connectivity index (χ0n) is 20.6. The normalized spacial score (nSPS) is 11.0. The van der Waals surface area contributed by atoms with Crippen LogP contribution in [-0.2, 0) is 0 Å². The molecule has 0 fully saturated rings. The maximum atomic E-state index is 13.0. The van der Waals surface area contributed by atoms with E-state index in [1.54, 1.807) is 18.2 Å². The highest BCUT2D eigenvalue weighted by molar-refractivity contribution is 6.30. The van der Waals surface area contributed by atoms with Crippen molar-refractivity contribution >= 4 is 46.3 Å². The third kappa shape index (κ3) is 6.56. The molecule has 4 rings (SSSR count). The van der Waals surface area contributed by atoms with Crippen molar-refractivity contribution in [3.05, 3.63) is 112 Å². The summed E-state index contributed by atoms with van der Waals surface area (Å²) in [5, 5.41) is 12.5. The van der Waals surface area contributed by atoms with Crippen LogP contribution in [-0.4, -0.2) is 41.2 Å². The highest BCUT2D eigenvalue weighted by atomic mass is 35.5. The van der Waals surface area contributed by atoms with Gasteiger partial charge in [-0.2, -0.15) is 0 Å². The van der Waals surface area contributed by atoms with E-state index in [1.165, 1.54) is 36.5 Å². The van der Waals surface area contributed by atoms with Crippen molar-refractivity contribution in [3.8, 4) is 5.75 Å². The number of nitrogens with one attached hydrogen (secondary N) is 1.